The number of hydrogen-bond donors (Lipinski definition) is 1. The maximum atomic E-state index is 12.5. The molecular formula is C14H21NO4. The number of carbonyl (C=O) groups is 2. The molecule has 0 aliphatic rings. The van der Waals surface area contributed by atoms with Gasteiger partial charge in [-0.25, -0.2) is 0 Å². The Balaban J connectivity index is 3.07. The Kier molecular flexibility index (Phi) is 4.75. The zero-order valence-corrected chi connectivity index (χ0v) is 12.1. The summed E-state index contributed by atoms with van der Waals surface area (Å²) in [6.45, 7) is 9.34. The molecule has 1 N–H and O–H groups in total. The largest absolute Gasteiger partial charge is 0.480 e. The van der Waals surface area contributed by atoms with Crippen LogP contribution in [0.25, 0.3) is 0 Å². The molecule has 1 amide bonds. The van der Waals surface area contributed by atoms with Crippen LogP contribution in [0.15, 0.2) is 4.42 Å². The smallest absolute Gasteiger partial charge is 0.323 e. The van der Waals surface area contributed by atoms with Crippen LogP contribution < -0.4 is 0 Å². The van der Waals surface area contributed by atoms with Crippen LogP contribution in [-0.2, 0) is 4.79 Å². The number of furan rings is 1. The van der Waals surface area contributed by atoms with Gasteiger partial charge in [0.1, 0.15) is 18.1 Å². The molecule has 0 saturated carbocycles. The Morgan fingerprint density at radius 1 is 1.21 bits per heavy atom. The quantitative estimate of drug-likeness (QED) is 0.889. The van der Waals surface area contributed by atoms with E-state index in [9.17, 15) is 9.59 Å². The van der Waals surface area contributed by atoms with E-state index in [0.717, 1.165) is 5.56 Å². The van der Waals surface area contributed by atoms with E-state index in [1.165, 1.54) is 4.90 Å². The molecule has 19 heavy (non-hydrogen) atoms. The fourth-order valence-corrected chi connectivity index (χ4v) is 2.09. The van der Waals surface area contributed by atoms with Crippen LogP contribution in [0.5, 0.6) is 0 Å². The molecule has 0 radical (unpaired) electrons. The second-order valence-corrected chi connectivity index (χ2v) is 5.19. The summed E-state index contributed by atoms with van der Waals surface area (Å²) in [5.41, 5.74) is 1.26. The lowest BCUT2D eigenvalue weighted by molar-refractivity contribution is -0.137. The number of carboxylic acids is 1. The van der Waals surface area contributed by atoms with E-state index in [4.69, 9.17) is 9.52 Å². The maximum absolute atomic E-state index is 12.5. The molecule has 0 spiro atoms. The molecule has 0 bridgehead atoms. The van der Waals surface area contributed by atoms with E-state index in [2.05, 4.69) is 0 Å². The second kappa shape index (κ2) is 5.91. The van der Waals surface area contributed by atoms with Gasteiger partial charge >= 0.3 is 5.97 Å². The van der Waals surface area contributed by atoms with Gasteiger partial charge < -0.3 is 14.4 Å². The molecular weight excluding hydrogens is 246 g/mol. The fraction of sp³-hybridized carbons (Fsp3) is 0.571. The van der Waals surface area contributed by atoms with Gasteiger partial charge in [-0.1, -0.05) is 13.8 Å². The fourth-order valence-electron chi connectivity index (χ4n) is 2.09. The molecule has 0 aliphatic carbocycles. The second-order valence-electron chi connectivity index (χ2n) is 5.19. The van der Waals surface area contributed by atoms with Crippen molar-refractivity contribution in [1.29, 1.82) is 0 Å². The van der Waals surface area contributed by atoms with Crippen molar-refractivity contribution in [1.82, 2.24) is 4.90 Å². The molecule has 1 heterocycles. The Morgan fingerprint density at radius 3 is 2.16 bits per heavy atom. The molecule has 1 aromatic rings. The number of carbonyl (C=O) groups excluding carboxylic acids is 1. The van der Waals surface area contributed by atoms with Crippen molar-refractivity contribution in [2.45, 2.75) is 34.6 Å². The van der Waals surface area contributed by atoms with Crippen LogP contribution >= 0.6 is 0 Å². The van der Waals surface area contributed by atoms with E-state index < -0.39 is 5.97 Å². The number of aliphatic carboxylic acids is 1. The van der Waals surface area contributed by atoms with Crippen molar-refractivity contribution >= 4 is 11.9 Å². The minimum atomic E-state index is -1.01. The highest BCUT2D eigenvalue weighted by molar-refractivity contribution is 5.98. The summed E-state index contributed by atoms with van der Waals surface area (Å²) in [7, 11) is 0. The number of nitrogens with zero attached hydrogens (tertiary/aromatic N) is 1. The number of carboxylic acid groups (broad SMARTS) is 1. The van der Waals surface area contributed by atoms with E-state index in [0.29, 0.717) is 23.6 Å². The van der Waals surface area contributed by atoms with Crippen molar-refractivity contribution in [3.63, 3.8) is 0 Å². The number of rotatable bonds is 5. The monoisotopic (exact) mass is 267 g/mol. The summed E-state index contributed by atoms with van der Waals surface area (Å²) < 4.78 is 5.43. The maximum Gasteiger partial charge on any atom is 0.323 e. The molecule has 0 fully saturated rings. The molecule has 0 aromatic carbocycles. The summed E-state index contributed by atoms with van der Waals surface area (Å²) >= 11 is 0. The first-order valence-corrected chi connectivity index (χ1v) is 6.31. The molecule has 5 nitrogen and oxygen atoms in total. The van der Waals surface area contributed by atoms with Crippen molar-refractivity contribution in [3.05, 3.63) is 22.6 Å². The van der Waals surface area contributed by atoms with Crippen molar-refractivity contribution in [2.24, 2.45) is 5.92 Å². The number of aryl methyl sites for hydroxylation is 2. The molecule has 1 aromatic heterocycles. The van der Waals surface area contributed by atoms with E-state index in [1.807, 2.05) is 20.8 Å². The summed E-state index contributed by atoms with van der Waals surface area (Å²) in [5.74, 6) is 0.157. The summed E-state index contributed by atoms with van der Waals surface area (Å²) in [4.78, 5) is 24.7. The lowest BCUT2D eigenvalue weighted by Crippen LogP contribution is -2.38. The SMILES string of the molecule is Cc1oc(C)c(C(=O)N(CC(=O)O)CC(C)C)c1C. The van der Waals surface area contributed by atoms with Gasteiger partial charge in [-0.2, -0.15) is 0 Å². The molecule has 5 heteroatoms. The van der Waals surface area contributed by atoms with E-state index in [-0.39, 0.29) is 18.4 Å². The summed E-state index contributed by atoms with van der Waals surface area (Å²) in [5, 5.41) is 8.92. The van der Waals surface area contributed by atoms with Gasteiger partial charge in [0.15, 0.2) is 0 Å². The van der Waals surface area contributed by atoms with Gasteiger partial charge in [-0.05, 0) is 26.7 Å². The van der Waals surface area contributed by atoms with Crippen molar-refractivity contribution < 1.29 is 19.1 Å². The zero-order chi connectivity index (χ0) is 14.7. The van der Waals surface area contributed by atoms with Crippen LogP contribution in [0.3, 0.4) is 0 Å². The van der Waals surface area contributed by atoms with Crippen LogP contribution in [0.4, 0.5) is 0 Å². The standard InChI is InChI=1S/C14H21NO4/c1-8(2)6-15(7-12(16)17)14(18)13-9(3)10(4)19-11(13)5/h8H,6-7H2,1-5H3,(H,16,17). The minimum absolute atomic E-state index is 0.205. The normalized spacial score (nSPS) is 10.8. The summed E-state index contributed by atoms with van der Waals surface area (Å²) in [6, 6.07) is 0. The molecule has 0 aliphatic heterocycles. The van der Waals surface area contributed by atoms with Gasteiger partial charge in [0, 0.05) is 12.1 Å². The van der Waals surface area contributed by atoms with Gasteiger partial charge in [-0.3, -0.25) is 9.59 Å². The Morgan fingerprint density at radius 2 is 1.79 bits per heavy atom. The molecule has 1 rings (SSSR count). The lowest BCUT2D eigenvalue weighted by Gasteiger charge is -2.22. The highest BCUT2D eigenvalue weighted by atomic mass is 16.4. The van der Waals surface area contributed by atoms with Gasteiger partial charge in [0.25, 0.3) is 5.91 Å². The van der Waals surface area contributed by atoms with E-state index >= 15 is 0 Å². The van der Waals surface area contributed by atoms with Crippen molar-refractivity contribution in [3.8, 4) is 0 Å². The third-order valence-electron chi connectivity index (χ3n) is 2.97. The highest BCUT2D eigenvalue weighted by Gasteiger charge is 2.25. The van der Waals surface area contributed by atoms with Crippen LogP contribution in [0.2, 0.25) is 0 Å². The zero-order valence-electron chi connectivity index (χ0n) is 12.1. The lowest BCUT2D eigenvalue weighted by atomic mass is 10.1. The Hall–Kier alpha value is -1.78. The molecule has 0 unspecified atom stereocenters. The van der Waals surface area contributed by atoms with Crippen LogP contribution in [0, 0.1) is 26.7 Å². The molecule has 0 saturated heterocycles. The minimum Gasteiger partial charge on any atom is -0.480 e. The summed E-state index contributed by atoms with van der Waals surface area (Å²) in [6.07, 6.45) is 0. The average Bonchev–Trinajstić information content (AvgIpc) is 2.50. The number of hydrogen-bond acceptors (Lipinski definition) is 3. The Labute approximate surface area is 113 Å². The highest BCUT2D eigenvalue weighted by Crippen LogP contribution is 2.22. The molecule has 0 atom stereocenters. The molecule has 106 valence electrons. The predicted octanol–water partition coefficient (Wildman–Crippen LogP) is 2.39. The van der Waals surface area contributed by atoms with Crippen LogP contribution in [-0.4, -0.2) is 35.0 Å². The third-order valence-corrected chi connectivity index (χ3v) is 2.97. The predicted molar refractivity (Wildman–Crippen MR) is 71.3 cm³/mol. The van der Waals surface area contributed by atoms with Crippen LogP contribution in [0.1, 0.15) is 41.3 Å². The topological polar surface area (TPSA) is 70.8 Å². The van der Waals surface area contributed by atoms with Gasteiger partial charge in [0.05, 0.1) is 5.56 Å². The van der Waals surface area contributed by atoms with Gasteiger partial charge in [0.2, 0.25) is 0 Å². The average molecular weight is 267 g/mol. The van der Waals surface area contributed by atoms with E-state index in [1.54, 1.807) is 13.8 Å². The van der Waals surface area contributed by atoms with Gasteiger partial charge in [-0.15, -0.1) is 0 Å². The first kappa shape index (κ1) is 15.3. The number of amides is 1. The van der Waals surface area contributed by atoms with Crippen molar-refractivity contribution in [2.75, 3.05) is 13.1 Å². The Bertz CT molecular complexity index is 488. The first-order valence-electron chi connectivity index (χ1n) is 6.31. The third kappa shape index (κ3) is 3.59. The first-order chi connectivity index (χ1) is 8.73.